The highest BCUT2D eigenvalue weighted by Crippen LogP contribution is 2.43. The number of imidazole rings is 1. The van der Waals surface area contributed by atoms with Crippen molar-refractivity contribution in [1.29, 1.82) is 0 Å². The summed E-state index contributed by atoms with van der Waals surface area (Å²) < 4.78 is 7.49. The largest absolute Gasteiger partial charge is 0.385 e. The Balaban J connectivity index is 1.28. The molecule has 0 unspecified atom stereocenters. The lowest BCUT2D eigenvalue weighted by Crippen LogP contribution is -2.46. The molecule has 6 nitrogen and oxygen atoms in total. The second-order valence-corrected chi connectivity index (χ2v) is 8.55. The summed E-state index contributed by atoms with van der Waals surface area (Å²) in [5.74, 6) is 0.859. The summed E-state index contributed by atoms with van der Waals surface area (Å²) in [5.41, 5.74) is 5.07. The van der Waals surface area contributed by atoms with E-state index in [4.69, 9.17) is 4.74 Å². The van der Waals surface area contributed by atoms with Gasteiger partial charge in [-0.1, -0.05) is 42.8 Å². The summed E-state index contributed by atoms with van der Waals surface area (Å²) in [7, 11) is 3.61. The fourth-order valence-corrected chi connectivity index (χ4v) is 4.28. The lowest BCUT2D eigenvalue weighted by Gasteiger charge is -2.42. The summed E-state index contributed by atoms with van der Waals surface area (Å²) in [6.45, 7) is 3.35. The van der Waals surface area contributed by atoms with Gasteiger partial charge in [-0.15, -0.1) is 0 Å². The van der Waals surface area contributed by atoms with Crippen LogP contribution in [-0.4, -0.2) is 42.8 Å². The van der Waals surface area contributed by atoms with Crippen molar-refractivity contribution in [2.75, 3.05) is 27.3 Å². The topological polar surface area (TPSA) is 63.5 Å². The van der Waals surface area contributed by atoms with Crippen LogP contribution in [0.4, 0.5) is 0 Å². The van der Waals surface area contributed by atoms with Gasteiger partial charge in [0.1, 0.15) is 0 Å². The van der Waals surface area contributed by atoms with Gasteiger partial charge in [0.05, 0.1) is 17.4 Å². The molecule has 0 saturated heterocycles. The van der Waals surface area contributed by atoms with Crippen LogP contribution in [-0.2, 0) is 17.8 Å². The number of benzene rings is 2. The van der Waals surface area contributed by atoms with E-state index in [0.29, 0.717) is 5.41 Å². The van der Waals surface area contributed by atoms with Gasteiger partial charge in [0.25, 0.3) is 0 Å². The Morgan fingerprint density at radius 3 is 2.58 bits per heavy atom. The van der Waals surface area contributed by atoms with E-state index in [-0.39, 0.29) is 0 Å². The third kappa shape index (κ3) is 5.25. The molecule has 1 aliphatic carbocycles. The van der Waals surface area contributed by atoms with Gasteiger partial charge in [0, 0.05) is 40.4 Å². The molecule has 164 valence electrons. The fourth-order valence-electron chi connectivity index (χ4n) is 4.28. The van der Waals surface area contributed by atoms with E-state index in [2.05, 4.69) is 61.6 Å². The molecule has 0 radical (unpaired) electrons. The number of para-hydroxylation sites is 2. The van der Waals surface area contributed by atoms with Crippen molar-refractivity contribution in [2.24, 2.45) is 10.4 Å². The van der Waals surface area contributed by atoms with Crippen LogP contribution in [0.3, 0.4) is 0 Å². The maximum absolute atomic E-state index is 5.30. The molecular formula is C25H33N5O. The number of fused-ring (bicyclic) bond motifs is 1. The summed E-state index contributed by atoms with van der Waals surface area (Å²) in [5, 5.41) is 6.97. The van der Waals surface area contributed by atoms with Gasteiger partial charge < -0.3 is 19.9 Å². The summed E-state index contributed by atoms with van der Waals surface area (Å²) in [6.07, 6.45) is 6.89. The van der Waals surface area contributed by atoms with Gasteiger partial charge in [-0.2, -0.15) is 0 Å². The molecule has 0 amide bonds. The molecule has 0 spiro atoms. The van der Waals surface area contributed by atoms with Crippen molar-refractivity contribution in [2.45, 2.75) is 38.8 Å². The Morgan fingerprint density at radius 1 is 1.10 bits per heavy atom. The predicted octanol–water partition coefficient (Wildman–Crippen LogP) is 3.96. The number of ether oxygens (including phenoxy) is 1. The Hall–Kier alpha value is -2.86. The zero-order valence-corrected chi connectivity index (χ0v) is 18.6. The Kier molecular flexibility index (Phi) is 6.87. The fraction of sp³-hybridized carbons (Fsp3) is 0.440. The van der Waals surface area contributed by atoms with Crippen molar-refractivity contribution >= 4 is 17.0 Å². The molecular weight excluding hydrogens is 386 g/mol. The molecule has 1 saturated carbocycles. The average molecular weight is 420 g/mol. The molecule has 6 heteroatoms. The molecule has 4 rings (SSSR count). The van der Waals surface area contributed by atoms with E-state index in [1.54, 1.807) is 7.11 Å². The predicted molar refractivity (Wildman–Crippen MR) is 126 cm³/mol. The highest BCUT2D eigenvalue weighted by molar-refractivity contribution is 5.79. The van der Waals surface area contributed by atoms with Crippen LogP contribution in [0.15, 0.2) is 59.9 Å². The molecule has 2 N–H and O–H groups in total. The van der Waals surface area contributed by atoms with Gasteiger partial charge in [-0.25, -0.2) is 4.98 Å². The minimum absolute atomic E-state index is 0.368. The van der Waals surface area contributed by atoms with E-state index < -0.39 is 0 Å². The SMILES string of the molecule is CN=C(NCc1ccc(Cn2cnc3ccccc32)cc1)NCC1(CCOC)CCC1. The zero-order valence-electron chi connectivity index (χ0n) is 18.6. The number of nitrogens with one attached hydrogen (secondary N) is 2. The Labute approximate surface area is 184 Å². The number of methoxy groups -OCH3 is 1. The van der Waals surface area contributed by atoms with E-state index in [0.717, 1.165) is 49.7 Å². The third-order valence-electron chi connectivity index (χ3n) is 6.47. The van der Waals surface area contributed by atoms with Crippen molar-refractivity contribution in [3.8, 4) is 0 Å². The van der Waals surface area contributed by atoms with E-state index >= 15 is 0 Å². The first-order valence-corrected chi connectivity index (χ1v) is 11.1. The summed E-state index contributed by atoms with van der Waals surface area (Å²) in [6, 6.07) is 17.0. The van der Waals surface area contributed by atoms with E-state index in [1.807, 2.05) is 25.5 Å². The summed E-state index contributed by atoms with van der Waals surface area (Å²) >= 11 is 0. The molecule has 31 heavy (non-hydrogen) atoms. The van der Waals surface area contributed by atoms with Gasteiger partial charge in [0.2, 0.25) is 0 Å². The first-order valence-electron chi connectivity index (χ1n) is 11.1. The van der Waals surface area contributed by atoms with Gasteiger partial charge >= 0.3 is 0 Å². The van der Waals surface area contributed by atoms with E-state index in [9.17, 15) is 0 Å². The lowest BCUT2D eigenvalue weighted by atomic mass is 9.67. The summed E-state index contributed by atoms with van der Waals surface area (Å²) in [4.78, 5) is 8.87. The van der Waals surface area contributed by atoms with Gasteiger partial charge in [-0.3, -0.25) is 4.99 Å². The molecule has 1 aromatic heterocycles. The number of nitrogens with zero attached hydrogens (tertiary/aromatic N) is 3. The van der Waals surface area contributed by atoms with Crippen molar-refractivity contribution in [1.82, 2.24) is 20.2 Å². The van der Waals surface area contributed by atoms with Crippen LogP contribution in [0.1, 0.15) is 36.8 Å². The number of aliphatic imine (C=N–C) groups is 1. The minimum atomic E-state index is 0.368. The first kappa shape index (κ1) is 21.4. The van der Waals surface area contributed by atoms with Crippen LogP contribution in [0.5, 0.6) is 0 Å². The number of aromatic nitrogens is 2. The standard InChI is InChI=1S/C25H33N5O/c1-26-24(28-18-25(12-5-13-25)14-15-31-2)27-16-20-8-10-21(11-9-20)17-30-19-29-22-6-3-4-7-23(22)30/h3-4,6-11,19H,5,12-18H2,1-2H3,(H2,26,27,28). The number of rotatable bonds is 9. The number of hydrogen-bond donors (Lipinski definition) is 2. The molecule has 1 aliphatic rings. The van der Waals surface area contributed by atoms with Crippen LogP contribution >= 0.6 is 0 Å². The maximum atomic E-state index is 5.30. The second-order valence-electron chi connectivity index (χ2n) is 8.55. The van der Waals surface area contributed by atoms with Crippen LogP contribution in [0.2, 0.25) is 0 Å². The second kappa shape index (κ2) is 9.96. The normalized spacial score (nSPS) is 15.6. The van der Waals surface area contributed by atoms with Crippen LogP contribution < -0.4 is 10.6 Å². The Bertz CT molecular complexity index is 1000. The molecule has 3 aromatic rings. The van der Waals surface area contributed by atoms with Crippen LogP contribution in [0, 0.1) is 5.41 Å². The zero-order chi connectivity index (χ0) is 21.5. The maximum Gasteiger partial charge on any atom is 0.191 e. The highest BCUT2D eigenvalue weighted by atomic mass is 16.5. The number of hydrogen-bond acceptors (Lipinski definition) is 3. The van der Waals surface area contributed by atoms with Crippen molar-refractivity contribution in [3.63, 3.8) is 0 Å². The third-order valence-corrected chi connectivity index (χ3v) is 6.47. The van der Waals surface area contributed by atoms with Gasteiger partial charge in [0.15, 0.2) is 5.96 Å². The smallest absolute Gasteiger partial charge is 0.191 e. The van der Waals surface area contributed by atoms with Crippen LogP contribution in [0.25, 0.3) is 11.0 Å². The number of guanidine groups is 1. The highest BCUT2D eigenvalue weighted by Gasteiger charge is 2.36. The lowest BCUT2D eigenvalue weighted by molar-refractivity contribution is 0.0732. The van der Waals surface area contributed by atoms with Gasteiger partial charge in [-0.05, 0) is 47.9 Å². The molecule has 2 aromatic carbocycles. The van der Waals surface area contributed by atoms with Crippen molar-refractivity contribution < 1.29 is 4.74 Å². The monoisotopic (exact) mass is 419 g/mol. The Morgan fingerprint density at radius 2 is 1.87 bits per heavy atom. The van der Waals surface area contributed by atoms with E-state index in [1.165, 1.54) is 30.4 Å². The van der Waals surface area contributed by atoms with Crippen molar-refractivity contribution in [3.05, 3.63) is 66.0 Å². The average Bonchev–Trinajstić information content (AvgIpc) is 3.18. The minimum Gasteiger partial charge on any atom is -0.385 e. The molecule has 0 bridgehead atoms. The first-order chi connectivity index (χ1) is 15.2. The molecule has 1 heterocycles. The molecule has 0 aliphatic heterocycles. The quantitative estimate of drug-likeness (QED) is 0.407. The molecule has 1 fully saturated rings. The molecule has 0 atom stereocenters.